The van der Waals surface area contributed by atoms with Gasteiger partial charge in [0.05, 0.1) is 11.1 Å². The van der Waals surface area contributed by atoms with Crippen LogP contribution in [-0.4, -0.2) is 19.6 Å². The summed E-state index contributed by atoms with van der Waals surface area (Å²) in [7, 11) is 0. The summed E-state index contributed by atoms with van der Waals surface area (Å²) in [6.07, 6.45) is 2.38. The summed E-state index contributed by atoms with van der Waals surface area (Å²) < 4.78 is 0. The molecule has 1 aromatic rings. The molecule has 0 saturated carbocycles. The average molecular weight is 240 g/mol. The lowest BCUT2D eigenvalue weighted by Gasteiger charge is -2.23. The van der Waals surface area contributed by atoms with Crippen LogP contribution in [-0.2, 0) is 0 Å². The Morgan fingerprint density at radius 3 is 2.56 bits per heavy atom. The lowest BCUT2D eigenvalue weighted by molar-refractivity contribution is 0.390. The molecule has 0 aliphatic carbocycles. The van der Waals surface area contributed by atoms with Gasteiger partial charge in [-0.25, -0.2) is 0 Å². The van der Waals surface area contributed by atoms with Crippen LogP contribution in [0.1, 0.15) is 24.0 Å². The van der Waals surface area contributed by atoms with E-state index in [4.69, 9.17) is 10.5 Å². The molecule has 0 unspecified atom stereocenters. The number of benzene rings is 1. The van der Waals surface area contributed by atoms with Crippen molar-refractivity contribution < 1.29 is 0 Å². The Morgan fingerprint density at radius 2 is 1.89 bits per heavy atom. The number of nitriles is 2. The first kappa shape index (κ1) is 12.4. The second kappa shape index (κ2) is 6.05. The lowest BCUT2D eigenvalue weighted by Crippen LogP contribution is -2.31. The first-order valence-corrected chi connectivity index (χ1v) is 6.22. The highest BCUT2D eigenvalue weighted by molar-refractivity contribution is 5.56. The van der Waals surface area contributed by atoms with Gasteiger partial charge in [0.15, 0.2) is 0 Å². The molecule has 4 nitrogen and oxygen atoms in total. The van der Waals surface area contributed by atoms with E-state index in [-0.39, 0.29) is 0 Å². The molecule has 0 atom stereocenters. The maximum atomic E-state index is 8.95. The molecule has 4 heteroatoms. The highest BCUT2D eigenvalue weighted by Gasteiger charge is 2.12. The molecule has 0 amide bonds. The highest BCUT2D eigenvalue weighted by Crippen LogP contribution is 2.17. The zero-order valence-corrected chi connectivity index (χ0v) is 10.2. The normalized spacial score (nSPS) is 15.7. The van der Waals surface area contributed by atoms with Gasteiger partial charge < -0.3 is 10.6 Å². The van der Waals surface area contributed by atoms with Crippen molar-refractivity contribution in [2.24, 2.45) is 5.92 Å². The topological polar surface area (TPSA) is 71.6 Å². The fraction of sp³-hybridized carbons (Fsp3) is 0.429. The summed E-state index contributed by atoms with van der Waals surface area (Å²) >= 11 is 0. The summed E-state index contributed by atoms with van der Waals surface area (Å²) in [6.45, 7) is 3.10. The number of nitrogens with one attached hydrogen (secondary N) is 2. The molecule has 1 aliphatic rings. The van der Waals surface area contributed by atoms with Gasteiger partial charge in [-0.15, -0.1) is 0 Å². The van der Waals surface area contributed by atoms with Gasteiger partial charge in [-0.2, -0.15) is 10.5 Å². The highest BCUT2D eigenvalue weighted by atomic mass is 14.9. The molecule has 1 aliphatic heterocycles. The lowest BCUT2D eigenvalue weighted by atomic mass is 9.98. The van der Waals surface area contributed by atoms with Crippen molar-refractivity contribution >= 4 is 5.69 Å². The maximum Gasteiger partial charge on any atom is 0.101 e. The minimum atomic E-state index is 0.435. The summed E-state index contributed by atoms with van der Waals surface area (Å²) in [6, 6.07) is 9.38. The van der Waals surface area contributed by atoms with Crippen molar-refractivity contribution in [3.05, 3.63) is 29.3 Å². The summed E-state index contributed by atoms with van der Waals surface area (Å²) in [5.41, 5.74) is 1.79. The molecular formula is C14H16N4. The zero-order valence-electron chi connectivity index (χ0n) is 10.2. The Labute approximate surface area is 107 Å². The Kier molecular flexibility index (Phi) is 4.17. The number of rotatable bonds is 3. The first-order chi connectivity index (χ1) is 8.83. The van der Waals surface area contributed by atoms with Crippen LogP contribution in [0.25, 0.3) is 0 Å². The Hall–Kier alpha value is -2.04. The molecule has 1 heterocycles. The monoisotopic (exact) mass is 240 g/mol. The second-order valence-corrected chi connectivity index (χ2v) is 4.56. The number of anilines is 1. The van der Waals surface area contributed by atoms with E-state index < -0.39 is 0 Å². The maximum absolute atomic E-state index is 8.95. The predicted octanol–water partition coefficient (Wildman–Crippen LogP) is 1.84. The van der Waals surface area contributed by atoms with Crippen LogP contribution in [0, 0.1) is 28.6 Å². The quantitative estimate of drug-likeness (QED) is 0.845. The Morgan fingerprint density at radius 1 is 1.17 bits per heavy atom. The predicted molar refractivity (Wildman–Crippen MR) is 70.0 cm³/mol. The smallest absolute Gasteiger partial charge is 0.101 e. The van der Waals surface area contributed by atoms with E-state index in [1.165, 1.54) is 12.8 Å². The number of hydrogen-bond donors (Lipinski definition) is 2. The fourth-order valence-corrected chi connectivity index (χ4v) is 2.19. The molecule has 0 spiro atoms. The Bertz CT molecular complexity index is 489. The number of hydrogen-bond acceptors (Lipinski definition) is 4. The molecular weight excluding hydrogens is 224 g/mol. The molecule has 92 valence electrons. The van der Waals surface area contributed by atoms with Crippen LogP contribution < -0.4 is 10.6 Å². The standard InChI is InChI=1S/C14H16N4/c15-8-12-1-2-14(7-13(12)9-16)18-10-11-3-5-17-6-4-11/h1-2,7,11,17-18H,3-6,10H2. The van der Waals surface area contributed by atoms with Crippen LogP contribution in [0.3, 0.4) is 0 Å². The average Bonchev–Trinajstić information content (AvgIpc) is 2.45. The van der Waals surface area contributed by atoms with Gasteiger partial charge in [0.2, 0.25) is 0 Å². The van der Waals surface area contributed by atoms with Crippen LogP contribution in [0.2, 0.25) is 0 Å². The van der Waals surface area contributed by atoms with Crippen molar-refractivity contribution in [2.45, 2.75) is 12.8 Å². The van der Waals surface area contributed by atoms with Gasteiger partial charge >= 0.3 is 0 Å². The van der Waals surface area contributed by atoms with E-state index in [1.807, 2.05) is 12.1 Å². The van der Waals surface area contributed by atoms with E-state index in [1.54, 1.807) is 12.1 Å². The van der Waals surface area contributed by atoms with Gasteiger partial charge in [-0.05, 0) is 50.0 Å². The Balaban J connectivity index is 1.97. The van der Waals surface area contributed by atoms with Crippen LogP contribution in [0.4, 0.5) is 5.69 Å². The summed E-state index contributed by atoms with van der Waals surface area (Å²) in [5.74, 6) is 0.687. The van der Waals surface area contributed by atoms with Crippen molar-refractivity contribution in [3.8, 4) is 12.1 Å². The van der Waals surface area contributed by atoms with Crippen molar-refractivity contribution in [2.75, 3.05) is 25.0 Å². The van der Waals surface area contributed by atoms with Crippen molar-refractivity contribution in [3.63, 3.8) is 0 Å². The molecule has 0 aromatic heterocycles. The third kappa shape index (κ3) is 3.00. The van der Waals surface area contributed by atoms with Crippen molar-refractivity contribution in [1.82, 2.24) is 5.32 Å². The summed E-state index contributed by atoms with van der Waals surface area (Å²) in [5, 5.41) is 24.5. The van der Waals surface area contributed by atoms with E-state index >= 15 is 0 Å². The largest absolute Gasteiger partial charge is 0.385 e. The molecule has 2 rings (SSSR count). The molecule has 0 bridgehead atoms. The molecule has 18 heavy (non-hydrogen) atoms. The SMILES string of the molecule is N#Cc1ccc(NCC2CCNCC2)cc1C#N. The minimum absolute atomic E-state index is 0.435. The van der Waals surface area contributed by atoms with Gasteiger partial charge in [-0.1, -0.05) is 0 Å². The van der Waals surface area contributed by atoms with Gasteiger partial charge in [0.1, 0.15) is 12.1 Å². The van der Waals surface area contributed by atoms with Gasteiger partial charge in [-0.3, -0.25) is 0 Å². The summed E-state index contributed by atoms with van der Waals surface area (Å²) in [4.78, 5) is 0. The van der Waals surface area contributed by atoms with Crippen LogP contribution >= 0.6 is 0 Å². The molecule has 0 radical (unpaired) electrons. The first-order valence-electron chi connectivity index (χ1n) is 6.22. The van der Waals surface area contributed by atoms with Crippen LogP contribution in [0.15, 0.2) is 18.2 Å². The number of piperidine rings is 1. The van der Waals surface area contributed by atoms with Gasteiger partial charge in [0, 0.05) is 12.2 Å². The second-order valence-electron chi connectivity index (χ2n) is 4.56. The fourth-order valence-electron chi connectivity index (χ4n) is 2.19. The van der Waals surface area contributed by atoms with E-state index in [2.05, 4.69) is 16.7 Å². The molecule has 2 N–H and O–H groups in total. The van der Waals surface area contributed by atoms with E-state index in [0.717, 1.165) is 25.3 Å². The molecule has 1 saturated heterocycles. The minimum Gasteiger partial charge on any atom is -0.385 e. The zero-order chi connectivity index (χ0) is 12.8. The van der Waals surface area contributed by atoms with E-state index in [0.29, 0.717) is 17.0 Å². The van der Waals surface area contributed by atoms with Crippen LogP contribution in [0.5, 0.6) is 0 Å². The molecule has 1 aromatic carbocycles. The third-order valence-electron chi connectivity index (χ3n) is 3.31. The number of nitrogens with zero attached hydrogens (tertiary/aromatic N) is 2. The third-order valence-corrected chi connectivity index (χ3v) is 3.31. The molecule has 1 fully saturated rings. The van der Waals surface area contributed by atoms with Crippen molar-refractivity contribution in [1.29, 1.82) is 10.5 Å². The van der Waals surface area contributed by atoms with Gasteiger partial charge in [0.25, 0.3) is 0 Å². The van der Waals surface area contributed by atoms with E-state index in [9.17, 15) is 0 Å².